The molecule has 0 aromatic carbocycles. The molecule has 0 spiro atoms. The quantitative estimate of drug-likeness (QED) is 0.825. The third-order valence-electron chi connectivity index (χ3n) is 3.72. The molecule has 2 aliphatic rings. The number of hydrogen-bond acceptors (Lipinski definition) is 4. The fraction of sp³-hybridized carbons (Fsp3) is 0.727. The van der Waals surface area contributed by atoms with E-state index in [1.165, 1.54) is 25.4 Å². The van der Waals surface area contributed by atoms with Gasteiger partial charge in [-0.2, -0.15) is 0 Å². The topological polar surface area (TPSA) is 78.1 Å². The standard InChI is InChI=1S/C11H18N4O2S/c1-8-4-9(6-15(8)10-2-3-10)14-18(16,17)11-5-12-7-13-11/h5,7-10,14H,2-4,6H2,1H3,(H,12,13). The number of sulfonamides is 1. The van der Waals surface area contributed by atoms with Gasteiger partial charge in [0, 0.05) is 24.7 Å². The van der Waals surface area contributed by atoms with E-state index in [0.29, 0.717) is 12.1 Å². The van der Waals surface area contributed by atoms with Crippen LogP contribution in [0, 0.1) is 0 Å². The predicted octanol–water partition coefficient (Wildman–Crippen LogP) is 0.313. The summed E-state index contributed by atoms with van der Waals surface area (Å²) < 4.78 is 26.9. The Morgan fingerprint density at radius 2 is 2.28 bits per heavy atom. The summed E-state index contributed by atoms with van der Waals surface area (Å²) in [5.41, 5.74) is 0. The summed E-state index contributed by atoms with van der Waals surface area (Å²) >= 11 is 0. The Balaban J connectivity index is 1.67. The molecule has 1 aromatic rings. The Morgan fingerprint density at radius 3 is 2.89 bits per heavy atom. The van der Waals surface area contributed by atoms with Gasteiger partial charge in [0.15, 0.2) is 5.03 Å². The molecular weight excluding hydrogens is 252 g/mol. The minimum atomic E-state index is -3.45. The number of rotatable bonds is 4. The number of imidazole rings is 1. The molecule has 6 nitrogen and oxygen atoms in total. The fourth-order valence-electron chi connectivity index (χ4n) is 2.73. The van der Waals surface area contributed by atoms with Crippen LogP contribution in [0.1, 0.15) is 26.2 Å². The summed E-state index contributed by atoms with van der Waals surface area (Å²) in [6.07, 6.45) is 6.10. The first-order valence-corrected chi connectivity index (χ1v) is 7.81. The van der Waals surface area contributed by atoms with E-state index < -0.39 is 10.0 Å². The maximum atomic E-state index is 12.0. The highest BCUT2D eigenvalue weighted by molar-refractivity contribution is 7.89. The maximum absolute atomic E-state index is 12.0. The Bertz CT molecular complexity index is 509. The zero-order valence-corrected chi connectivity index (χ0v) is 11.2. The second-order valence-corrected chi connectivity index (χ2v) is 6.93. The molecule has 1 aromatic heterocycles. The molecule has 1 aliphatic carbocycles. The molecule has 7 heteroatoms. The molecule has 3 rings (SSSR count). The molecule has 1 saturated heterocycles. The van der Waals surface area contributed by atoms with Gasteiger partial charge in [-0.15, -0.1) is 0 Å². The third-order valence-corrected chi connectivity index (χ3v) is 5.17. The smallest absolute Gasteiger partial charge is 0.257 e. The van der Waals surface area contributed by atoms with Crippen molar-refractivity contribution in [2.24, 2.45) is 0 Å². The normalized spacial score (nSPS) is 29.8. The largest absolute Gasteiger partial charge is 0.335 e. The van der Waals surface area contributed by atoms with Crippen molar-refractivity contribution in [1.29, 1.82) is 0 Å². The van der Waals surface area contributed by atoms with E-state index >= 15 is 0 Å². The van der Waals surface area contributed by atoms with Crippen LogP contribution in [-0.2, 0) is 10.0 Å². The number of aromatic amines is 1. The van der Waals surface area contributed by atoms with Crippen molar-refractivity contribution in [3.05, 3.63) is 12.5 Å². The van der Waals surface area contributed by atoms with E-state index in [4.69, 9.17) is 0 Å². The van der Waals surface area contributed by atoms with Crippen LogP contribution in [0.25, 0.3) is 0 Å². The van der Waals surface area contributed by atoms with Crippen molar-refractivity contribution >= 4 is 10.0 Å². The predicted molar refractivity (Wildman–Crippen MR) is 66.5 cm³/mol. The molecule has 100 valence electrons. The molecule has 2 N–H and O–H groups in total. The summed E-state index contributed by atoms with van der Waals surface area (Å²) in [5.74, 6) is 0. The van der Waals surface area contributed by atoms with Gasteiger partial charge >= 0.3 is 0 Å². The summed E-state index contributed by atoms with van der Waals surface area (Å²) in [4.78, 5) is 8.80. The molecule has 18 heavy (non-hydrogen) atoms. The highest BCUT2D eigenvalue weighted by atomic mass is 32.2. The summed E-state index contributed by atoms with van der Waals surface area (Å²) in [6, 6.07) is 1.16. The van der Waals surface area contributed by atoms with Gasteiger partial charge in [-0.1, -0.05) is 0 Å². The number of H-pyrrole nitrogens is 1. The van der Waals surface area contributed by atoms with Gasteiger partial charge in [-0.3, -0.25) is 4.90 Å². The summed E-state index contributed by atoms with van der Waals surface area (Å²) in [5, 5.41) is 0.139. The van der Waals surface area contributed by atoms with E-state index in [0.717, 1.165) is 13.0 Å². The molecule has 0 amide bonds. The van der Waals surface area contributed by atoms with Gasteiger partial charge in [0.1, 0.15) is 0 Å². The van der Waals surface area contributed by atoms with Crippen LogP contribution in [0.5, 0.6) is 0 Å². The van der Waals surface area contributed by atoms with E-state index in [9.17, 15) is 8.42 Å². The lowest BCUT2D eigenvalue weighted by atomic mass is 10.2. The fourth-order valence-corrected chi connectivity index (χ4v) is 3.87. The maximum Gasteiger partial charge on any atom is 0.257 e. The lowest BCUT2D eigenvalue weighted by molar-refractivity contribution is 0.256. The van der Waals surface area contributed by atoms with Crippen molar-refractivity contribution < 1.29 is 8.42 Å². The second kappa shape index (κ2) is 4.32. The molecule has 1 aliphatic heterocycles. The van der Waals surface area contributed by atoms with Gasteiger partial charge in [-0.05, 0) is 26.2 Å². The van der Waals surface area contributed by atoms with Crippen LogP contribution >= 0.6 is 0 Å². The first kappa shape index (κ1) is 12.1. The van der Waals surface area contributed by atoms with Gasteiger partial charge in [0.2, 0.25) is 0 Å². The Labute approximate surface area is 107 Å². The number of nitrogens with zero attached hydrogens (tertiary/aromatic N) is 2. The first-order chi connectivity index (χ1) is 8.56. The monoisotopic (exact) mass is 270 g/mol. The molecule has 2 fully saturated rings. The van der Waals surface area contributed by atoms with Gasteiger partial charge < -0.3 is 4.98 Å². The Morgan fingerprint density at radius 1 is 1.50 bits per heavy atom. The van der Waals surface area contributed by atoms with Gasteiger partial charge in [-0.25, -0.2) is 18.1 Å². The van der Waals surface area contributed by atoms with E-state index in [1.807, 2.05) is 0 Å². The number of nitrogens with one attached hydrogen (secondary N) is 2. The zero-order valence-electron chi connectivity index (χ0n) is 10.3. The average molecular weight is 270 g/mol. The molecule has 0 radical (unpaired) electrons. The van der Waals surface area contributed by atoms with Crippen LogP contribution in [0.4, 0.5) is 0 Å². The number of aromatic nitrogens is 2. The van der Waals surface area contributed by atoms with E-state index in [-0.39, 0.29) is 11.1 Å². The van der Waals surface area contributed by atoms with Crippen LogP contribution in [0.2, 0.25) is 0 Å². The number of likely N-dealkylation sites (tertiary alicyclic amines) is 1. The van der Waals surface area contributed by atoms with Crippen molar-refractivity contribution in [3.63, 3.8) is 0 Å². The molecule has 2 heterocycles. The highest BCUT2D eigenvalue weighted by Crippen LogP contribution is 2.33. The highest BCUT2D eigenvalue weighted by Gasteiger charge is 2.40. The Kier molecular flexibility index (Phi) is 2.91. The van der Waals surface area contributed by atoms with Gasteiger partial charge in [0.25, 0.3) is 10.0 Å². The molecule has 2 atom stereocenters. The minimum Gasteiger partial charge on any atom is -0.335 e. The number of hydrogen-bond donors (Lipinski definition) is 2. The van der Waals surface area contributed by atoms with Gasteiger partial charge in [0.05, 0.1) is 12.5 Å². The lowest BCUT2D eigenvalue weighted by Gasteiger charge is -2.19. The Hall–Kier alpha value is -0.920. The molecular formula is C11H18N4O2S. The van der Waals surface area contributed by atoms with E-state index in [1.54, 1.807) is 0 Å². The van der Waals surface area contributed by atoms with Crippen molar-refractivity contribution in [2.45, 2.75) is 49.3 Å². The zero-order chi connectivity index (χ0) is 12.8. The van der Waals surface area contributed by atoms with Crippen LogP contribution in [-0.4, -0.2) is 48.0 Å². The second-order valence-electron chi connectivity index (χ2n) is 5.25. The summed E-state index contributed by atoms with van der Waals surface area (Å²) in [7, 11) is -3.45. The molecule has 1 saturated carbocycles. The van der Waals surface area contributed by atoms with E-state index in [2.05, 4.69) is 26.5 Å². The SMILES string of the molecule is CC1CC(NS(=O)(=O)c2cnc[nH]2)CN1C1CC1. The van der Waals surface area contributed by atoms with Crippen LogP contribution in [0.15, 0.2) is 17.6 Å². The minimum absolute atomic E-state index is 0.00824. The van der Waals surface area contributed by atoms with Crippen molar-refractivity contribution in [3.8, 4) is 0 Å². The first-order valence-electron chi connectivity index (χ1n) is 6.33. The average Bonchev–Trinajstić information content (AvgIpc) is 2.85. The van der Waals surface area contributed by atoms with Crippen molar-refractivity contribution in [2.75, 3.05) is 6.54 Å². The van der Waals surface area contributed by atoms with Crippen molar-refractivity contribution in [1.82, 2.24) is 19.6 Å². The van der Waals surface area contributed by atoms with Crippen LogP contribution < -0.4 is 4.72 Å². The molecule has 2 unspecified atom stereocenters. The lowest BCUT2D eigenvalue weighted by Crippen LogP contribution is -2.37. The van der Waals surface area contributed by atoms with Crippen LogP contribution in [0.3, 0.4) is 0 Å². The third kappa shape index (κ3) is 2.30. The molecule has 0 bridgehead atoms. The summed E-state index contributed by atoms with van der Waals surface area (Å²) in [6.45, 7) is 2.99.